The third-order valence-electron chi connectivity index (χ3n) is 18.6. The van der Waals surface area contributed by atoms with Crippen LogP contribution in [-0.2, 0) is 56.0 Å². The van der Waals surface area contributed by atoms with E-state index < -0.39 is 23.6 Å². The number of benzene rings is 11. The van der Waals surface area contributed by atoms with E-state index in [1.165, 1.54) is 57.9 Å². The highest BCUT2D eigenvalue weighted by molar-refractivity contribution is 7.22. The van der Waals surface area contributed by atoms with Crippen molar-refractivity contribution in [2.45, 2.75) is 78.6 Å². The normalized spacial score (nSPS) is 12.0. The minimum Gasteiger partial charge on any atom is -0.493 e. The van der Waals surface area contributed by atoms with Crippen LogP contribution in [0.15, 0.2) is 263 Å². The van der Waals surface area contributed by atoms with Crippen molar-refractivity contribution >= 4 is 96.4 Å². The number of imide groups is 1. The van der Waals surface area contributed by atoms with Crippen LogP contribution >= 0.6 is 11.3 Å². The highest BCUT2D eigenvalue weighted by atomic mass is 32.1. The molecule has 0 atom stereocenters. The molecule has 0 unspecified atom stereocenters. The molecule has 14 rings (SSSR count). The molecular formula is C91H78F3N7O8S. The molecule has 0 radical (unpaired) electrons. The van der Waals surface area contributed by atoms with Gasteiger partial charge in [-0.25, -0.2) is 38.3 Å². The van der Waals surface area contributed by atoms with Crippen molar-refractivity contribution in [3.05, 3.63) is 305 Å². The number of aromatic nitrogens is 2. The molecule has 110 heavy (non-hydrogen) atoms. The van der Waals surface area contributed by atoms with Crippen molar-refractivity contribution < 1.29 is 51.0 Å². The SMILES string of the molecule is C=C(C)C(=O)OCCCOc1ccc(-c2ccc(CCC(=O)Oc3ccc(-c4ccc(CCC)cc4)cc3F)c(/C=N/N(C)c3nc4ccccc4s3)c2F)cc1.CCCc1ccc(-c2ccc(CCc3ccc(-c4ccc5cc(N6C(=O)C=CC6=O)ccc5c4)cc3)c(/C=N/Nc3nc4ccccc4o3)c2)c(F)c1. The van der Waals surface area contributed by atoms with Crippen LogP contribution in [0.4, 0.5) is 30.0 Å². The molecule has 1 aliphatic rings. The molecule has 13 aromatic rings. The second kappa shape index (κ2) is 35.2. The van der Waals surface area contributed by atoms with Gasteiger partial charge in [-0.05, 0) is 195 Å². The quantitative estimate of drug-likeness (QED) is 0.00935. The van der Waals surface area contributed by atoms with Crippen LogP contribution in [-0.4, -0.2) is 66.4 Å². The summed E-state index contributed by atoms with van der Waals surface area (Å²) < 4.78 is 70.0. The number of ether oxygens (including phenoxy) is 3. The molecule has 11 aromatic carbocycles. The number of nitrogens with zero attached hydrogens (tertiary/aromatic N) is 6. The Hall–Kier alpha value is -12.9. The lowest BCUT2D eigenvalue weighted by atomic mass is 9.94. The van der Waals surface area contributed by atoms with Crippen LogP contribution in [0.1, 0.15) is 85.4 Å². The molecule has 0 fully saturated rings. The summed E-state index contributed by atoms with van der Waals surface area (Å²) in [6, 6.07) is 70.2. The van der Waals surface area contributed by atoms with Gasteiger partial charge in [-0.1, -0.05) is 190 Å². The summed E-state index contributed by atoms with van der Waals surface area (Å²) in [6.07, 6.45) is 11.6. The number of halogens is 3. The Morgan fingerprint density at radius 2 is 1.24 bits per heavy atom. The Labute approximate surface area is 639 Å². The number of esters is 2. The predicted octanol–water partition coefficient (Wildman–Crippen LogP) is 20.8. The number of rotatable bonds is 28. The fraction of sp³-hybridized carbons (Fsp3) is 0.165. The molecule has 19 heteroatoms. The van der Waals surface area contributed by atoms with Crippen LogP contribution in [0.25, 0.3) is 76.6 Å². The van der Waals surface area contributed by atoms with E-state index in [0.717, 1.165) is 104 Å². The fourth-order valence-corrected chi connectivity index (χ4v) is 13.7. The lowest BCUT2D eigenvalue weighted by molar-refractivity contribution is -0.139. The number of aryl methyl sites for hydroxylation is 5. The van der Waals surface area contributed by atoms with Gasteiger partial charge in [0.25, 0.3) is 11.8 Å². The topological polar surface area (TPSA) is 178 Å². The Balaban J connectivity index is 0.000000194. The lowest BCUT2D eigenvalue weighted by Crippen LogP contribution is -2.29. The van der Waals surface area contributed by atoms with Gasteiger partial charge < -0.3 is 18.6 Å². The van der Waals surface area contributed by atoms with E-state index >= 15 is 13.2 Å². The van der Waals surface area contributed by atoms with Gasteiger partial charge in [0.15, 0.2) is 17.1 Å². The average Bonchev–Trinajstić information content (AvgIpc) is 1.71. The van der Waals surface area contributed by atoms with Crippen molar-refractivity contribution in [3.63, 3.8) is 0 Å². The summed E-state index contributed by atoms with van der Waals surface area (Å²) in [5.74, 6) is -2.78. The maximum atomic E-state index is 16.5. The smallest absolute Gasteiger partial charge is 0.333 e. The van der Waals surface area contributed by atoms with E-state index in [4.69, 9.17) is 18.6 Å². The van der Waals surface area contributed by atoms with E-state index in [1.54, 1.807) is 79.8 Å². The molecular weight excluding hydrogens is 1410 g/mol. The number of nitrogens with one attached hydrogen (secondary N) is 1. The minimum absolute atomic E-state index is 0.112. The standard InChI is InChI=1S/C46H43F2N3O5S.C45H35FN4O3/c1-5-9-31-12-14-32(15-13-31)35-19-24-41(39(47)28-35)56-43(52)25-20-34-18-23-37(33-16-21-36(22-17-33)54-26-8-27-55-45(53)30(2)3)44(48)38(34)29-49-51(4)46-50-40-10-6-7-11-42(40)57-46;1-2-5-30-11-21-39(40(46)24-30)36-18-15-32(37(26-36)28-47-49-45-48-41-6-3-4-7-42(41)53-45)14-10-29-8-12-31(13-9-29)33-16-17-35-27-38(20-19-34(35)25-33)50-43(51)22-23-44(50)52/h6-7,10-19,21-24,28-29H,2,5,8-9,20,25-27H2,1,3-4H3;3-4,6-9,11-13,15-28H,2,5,10,14H2,1H3,(H,48,49)/b49-29+;47-28+. The Bertz CT molecular complexity index is 5570. The molecule has 0 saturated carbocycles. The number of thiazole rings is 1. The number of para-hydroxylation sites is 3. The maximum Gasteiger partial charge on any atom is 0.333 e. The summed E-state index contributed by atoms with van der Waals surface area (Å²) in [7, 11) is 1.73. The summed E-state index contributed by atoms with van der Waals surface area (Å²) >= 11 is 1.46. The number of fused-ring (bicyclic) bond motifs is 3. The zero-order valence-corrected chi connectivity index (χ0v) is 62.0. The third kappa shape index (κ3) is 18.6. The number of hydrogen-bond donors (Lipinski definition) is 1. The van der Waals surface area contributed by atoms with Crippen LogP contribution in [0.3, 0.4) is 0 Å². The van der Waals surface area contributed by atoms with Gasteiger partial charge >= 0.3 is 18.0 Å². The highest BCUT2D eigenvalue weighted by Crippen LogP contribution is 2.35. The van der Waals surface area contributed by atoms with Crippen molar-refractivity contribution in [2.75, 3.05) is 35.6 Å². The molecule has 2 aromatic heterocycles. The lowest BCUT2D eigenvalue weighted by Gasteiger charge is -2.15. The molecule has 552 valence electrons. The van der Waals surface area contributed by atoms with Crippen molar-refractivity contribution in [2.24, 2.45) is 10.2 Å². The number of hydrogen-bond acceptors (Lipinski definition) is 15. The zero-order valence-electron chi connectivity index (χ0n) is 61.1. The van der Waals surface area contributed by atoms with E-state index in [2.05, 4.69) is 88.5 Å². The number of anilines is 3. The molecule has 2 amide bonds. The second-order valence-corrected chi connectivity index (χ2v) is 27.6. The molecule has 0 bridgehead atoms. The van der Waals surface area contributed by atoms with Crippen molar-refractivity contribution in [1.82, 2.24) is 9.97 Å². The second-order valence-electron chi connectivity index (χ2n) is 26.6. The van der Waals surface area contributed by atoms with E-state index in [1.807, 2.05) is 115 Å². The average molecular weight is 1490 g/mol. The van der Waals surface area contributed by atoms with E-state index in [9.17, 15) is 19.2 Å². The van der Waals surface area contributed by atoms with Gasteiger partial charge in [-0.2, -0.15) is 15.2 Å². The first-order chi connectivity index (χ1) is 53.5. The summed E-state index contributed by atoms with van der Waals surface area (Å²) in [4.78, 5) is 59.2. The number of oxazole rings is 1. The largest absolute Gasteiger partial charge is 0.493 e. The molecule has 15 nitrogen and oxygen atoms in total. The van der Waals surface area contributed by atoms with Gasteiger partial charge in [0, 0.05) is 47.9 Å². The van der Waals surface area contributed by atoms with Crippen molar-refractivity contribution in [3.8, 4) is 56.0 Å². The molecule has 3 heterocycles. The van der Waals surface area contributed by atoms with Crippen LogP contribution in [0.2, 0.25) is 0 Å². The molecule has 1 aliphatic heterocycles. The third-order valence-corrected chi connectivity index (χ3v) is 19.7. The van der Waals surface area contributed by atoms with Crippen LogP contribution in [0, 0.1) is 17.5 Å². The van der Waals surface area contributed by atoms with Crippen molar-refractivity contribution in [1.29, 1.82) is 0 Å². The molecule has 0 aliphatic carbocycles. The van der Waals surface area contributed by atoms with E-state index in [0.29, 0.717) is 74.6 Å². The van der Waals surface area contributed by atoms with Gasteiger partial charge in [-0.3, -0.25) is 14.4 Å². The van der Waals surface area contributed by atoms with Crippen LogP contribution in [0.5, 0.6) is 11.5 Å². The first-order valence-electron chi connectivity index (χ1n) is 36.4. The fourth-order valence-electron chi connectivity index (χ4n) is 12.8. The Morgan fingerprint density at radius 1 is 0.600 bits per heavy atom. The minimum atomic E-state index is -0.658. The maximum absolute atomic E-state index is 16.5. The van der Waals surface area contributed by atoms with E-state index in [-0.39, 0.29) is 48.4 Å². The predicted molar refractivity (Wildman–Crippen MR) is 433 cm³/mol. The summed E-state index contributed by atoms with van der Waals surface area (Å²) in [6.45, 7) is 9.88. The highest BCUT2D eigenvalue weighted by Gasteiger charge is 2.26. The number of carbonyl (C=O) groups excluding carboxylic acids is 4. The van der Waals surface area contributed by atoms with Gasteiger partial charge in [-0.15, -0.1) is 0 Å². The summed E-state index contributed by atoms with van der Waals surface area (Å²) in [5, 5.41) is 13.2. The number of amides is 2. The first kappa shape index (κ1) is 75.4. The van der Waals surface area contributed by atoms with Crippen LogP contribution < -0.4 is 24.8 Å². The molecule has 0 spiro atoms. The monoisotopic (exact) mass is 1490 g/mol. The van der Waals surface area contributed by atoms with Gasteiger partial charge in [0.1, 0.15) is 22.9 Å². The first-order valence-corrected chi connectivity index (χ1v) is 37.2. The molecule has 0 saturated heterocycles. The number of carbonyl (C=O) groups is 4. The zero-order chi connectivity index (χ0) is 76.6. The Morgan fingerprint density at radius 3 is 1.95 bits per heavy atom. The Kier molecular flexibility index (Phi) is 24.1. The molecule has 1 N–H and O–H groups in total. The number of hydrazone groups is 2. The summed E-state index contributed by atoms with van der Waals surface area (Å²) in [5.41, 5.74) is 18.0. The van der Waals surface area contributed by atoms with Gasteiger partial charge in [0.2, 0.25) is 5.13 Å². The van der Waals surface area contributed by atoms with Gasteiger partial charge in [0.05, 0.1) is 48.0 Å².